The summed E-state index contributed by atoms with van der Waals surface area (Å²) in [6, 6.07) is 8.56. The molecule has 96 valence electrons. The molecule has 0 heterocycles. The first-order valence-electron chi connectivity index (χ1n) is 6.15. The van der Waals surface area contributed by atoms with E-state index in [0.717, 1.165) is 18.9 Å². The average Bonchev–Trinajstić information content (AvgIpc) is 2.32. The Bertz CT molecular complexity index is 317. The largest absolute Gasteiger partial charge is 0.319 e. The molecular weight excluding hydrogens is 294 g/mol. The summed E-state index contributed by atoms with van der Waals surface area (Å²) in [5, 5.41) is 3.31. The summed E-state index contributed by atoms with van der Waals surface area (Å²) >= 11 is 5.57. The van der Waals surface area contributed by atoms with E-state index in [-0.39, 0.29) is 0 Å². The molecule has 0 spiro atoms. The van der Waals surface area contributed by atoms with Crippen molar-refractivity contribution >= 4 is 27.7 Å². The molecule has 0 aromatic heterocycles. The minimum Gasteiger partial charge on any atom is -0.319 e. The van der Waals surface area contributed by atoms with Crippen molar-refractivity contribution < 1.29 is 0 Å². The van der Waals surface area contributed by atoms with Crippen LogP contribution in [0.4, 0.5) is 0 Å². The molecule has 0 amide bonds. The van der Waals surface area contributed by atoms with E-state index in [1.807, 2.05) is 18.8 Å². The van der Waals surface area contributed by atoms with Crippen molar-refractivity contribution in [2.24, 2.45) is 5.92 Å². The molecule has 0 aliphatic carbocycles. The molecule has 1 atom stereocenters. The first-order chi connectivity index (χ1) is 8.27. The normalized spacial score (nSPS) is 12.6. The minimum absolute atomic E-state index is 0.742. The van der Waals surface area contributed by atoms with Crippen molar-refractivity contribution in [1.82, 2.24) is 5.32 Å². The molecule has 1 aromatic rings. The lowest BCUT2D eigenvalue weighted by atomic mass is 9.95. The maximum absolute atomic E-state index is 3.63. The molecule has 3 heteroatoms. The third-order valence-electron chi connectivity index (χ3n) is 2.92. The van der Waals surface area contributed by atoms with Gasteiger partial charge >= 0.3 is 0 Å². The van der Waals surface area contributed by atoms with Gasteiger partial charge < -0.3 is 5.32 Å². The second kappa shape index (κ2) is 9.01. The maximum atomic E-state index is 3.63. The Morgan fingerprint density at radius 3 is 2.76 bits per heavy atom. The number of benzene rings is 1. The van der Waals surface area contributed by atoms with Gasteiger partial charge in [-0.15, -0.1) is 0 Å². The third kappa shape index (κ3) is 5.94. The molecule has 0 saturated carbocycles. The zero-order chi connectivity index (χ0) is 12.5. The fourth-order valence-electron chi connectivity index (χ4n) is 2.06. The number of thioether (sulfide) groups is 1. The lowest BCUT2D eigenvalue weighted by molar-refractivity contribution is 0.457. The van der Waals surface area contributed by atoms with Crippen molar-refractivity contribution in [2.75, 3.05) is 25.6 Å². The Balaban J connectivity index is 2.50. The first-order valence-corrected chi connectivity index (χ1v) is 8.33. The maximum Gasteiger partial charge on any atom is 0.0207 e. The van der Waals surface area contributed by atoms with E-state index < -0.39 is 0 Å². The smallest absolute Gasteiger partial charge is 0.0207 e. The van der Waals surface area contributed by atoms with Gasteiger partial charge in [-0.3, -0.25) is 0 Å². The van der Waals surface area contributed by atoms with Crippen LogP contribution in [0.2, 0.25) is 0 Å². The van der Waals surface area contributed by atoms with Crippen molar-refractivity contribution in [2.45, 2.75) is 19.3 Å². The summed E-state index contributed by atoms with van der Waals surface area (Å²) in [5.74, 6) is 2.02. The number of halogens is 1. The molecule has 0 radical (unpaired) electrons. The Hall–Kier alpha value is 0.01000. The molecule has 0 bridgehead atoms. The van der Waals surface area contributed by atoms with Crippen molar-refractivity contribution in [3.8, 4) is 0 Å². The van der Waals surface area contributed by atoms with Crippen LogP contribution in [0.15, 0.2) is 28.7 Å². The SMILES string of the molecule is CNCC(CCCSC)Cc1ccccc1Br. The van der Waals surface area contributed by atoms with Crippen LogP contribution in [0, 0.1) is 5.92 Å². The minimum atomic E-state index is 0.742. The Morgan fingerprint density at radius 2 is 2.12 bits per heavy atom. The van der Waals surface area contributed by atoms with Crippen LogP contribution in [0.1, 0.15) is 18.4 Å². The summed E-state index contributed by atoms with van der Waals surface area (Å²) < 4.78 is 1.24. The predicted octanol–water partition coefficient (Wildman–Crippen LogP) is 3.97. The van der Waals surface area contributed by atoms with E-state index >= 15 is 0 Å². The molecule has 0 saturated heterocycles. The highest BCUT2D eigenvalue weighted by Gasteiger charge is 2.10. The van der Waals surface area contributed by atoms with Crippen LogP contribution in [-0.4, -0.2) is 25.6 Å². The van der Waals surface area contributed by atoms with Gasteiger partial charge in [-0.25, -0.2) is 0 Å². The number of nitrogens with one attached hydrogen (secondary N) is 1. The van der Waals surface area contributed by atoms with Gasteiger partial charge in [0, 0.05) is 4.47 Å². The lowest BCUT2D eigenvalue weighted by Crippen LogP contribution is -2.21. The van der Waals surface area contributed by atoms with Crippen LogP contribution >= 0.6 is 27.7 Å². The zero-order valence-electron chi connectivity index (χ0n) is 10.7. The van der Waals surface area contributed by atoms with Gasteiger partial charge in [0.05, 0.1) is 0 Å². The quantitative estimate of drug-likeness (QED) is 0.728. The summed E-state index contributed by atoms with van der Waals surface area (Å²) in [5.41, 5.74) is 1.43. The fourth-order valence-corrected chi connectivity index (χ4v) is 2.96. The molecule has 0 aliphatic rings. The van der Waals surface area contributed by atoms with Gasteiger partial charge in [-0.2, -0.15) is 11.8 Å². The standard InChI is InChI=1S/C14H22BrNS/c1-16-11-12(6-5-9-17-2)10-13-7-3-4-8-14(13)15/h3-4,7-8,12,16H,5-6,9-11H2,1-2H3. The third-order valence-corrected chi connectivity index (χ3v) is 4.39. The molecule has 0 aliphatic heterocycles. The van der Waals surface area contributed by atoms with E-state index in [2.05, 4.69) is 51.8 Å². The van der Waals surface area contributed by atoms with Gasteiger partial charge in [-0.1, -0.05) is 34.1 Å². The Kier molecular flexibility index (Phi) is 7.99. The van der Waals surface area contributed by atoms with Gasteiger partial charge in [-0.05, 0) is 62.4 Å². The van der Waals surface area contributed by atoms with Crippen LogP contribution in [0.5, 0.6) is 0 Å². The van der Waals surface area contributed by atoms with E-state index in [1.54, 1.807) is 0 Å². The summed E-state index contributed by atoms with van der Waals surface area (Å²) in [7, 11) is 2.04. The monoisotopic (exact) mass is 315 g/mol. The molecule has 1 rings (SSSR count). The van der Waals surface area contributed by atoms with Crippen molar-refractivity contribution in [1.29, 1.82) is 0 Å². The molecule has 17 heavy (non-hydrogen) atoms. The lowest BCUT2D eigenvalue weighted by Gasteiger charge is -2.17. The summed E-state index contributed by atoms with van der Waals surface area (Å²) in [6.07, 6.45) is 5.97. The Labute approximate surface area is 118 Å². The van der Waals surface area contributed by atoms with Crippen LogP contribution in [0.3, 0.4) is 0 Å². The second-order valence-electron chi connectivity index (χ2n) is 4.35. The molecule has 1 unspecified atom stereocenters. The number of rotatable bonds is 8. The number of hydrogen-bond acceptors (Lipinski definition) is 2. The summed E-state index contributed by atoms with van der Waals surface area (Å²) in [4.78, 5) is 0. The average molecular weight is 316 g/mol. The highest BCUT2D eigenvalue weighted by molar-refractivity contribution is 9.10. The molecule has 1 N–H and O–H groups in total. The van der Waals surface area contributed by atoms with Crippen LogP contribution in [-0.2, 0) is 6.42 Å². The second-order valence-corrected chi connectivity index (χ2v) is 6.19. The van der Waals surface area contributed by atoms with Gasteiger partial charge in [0.2, 0.25) is 0 Å². The zero-order valence-corrected chi connectivity index (χ0v) is 13.1. The van der Waals surface area contributed by atoms with Gasteiger partial charge in [0.25, 0.3) is 0 Å². The van der Waals surface area contributed by atoms with E-state index in [4.69, 9.17) is 0 Å². The van der Waals surface area contributed by atoms with Crippen LogP contribution in [0.25, 0.3) is 0 Å². The van der Waals surface area contributed by atoms with E-state index in [9.17, 15) is 0 Å². The van der Waals surface area contributed by atoms with Crippen molar-refractivity contribution in [3.63, 3.8) is 0 Å². The van der Waals surface area contributed by atoms with E-state index in [0.29, 0.717) is 0 Å². The molecule has 1 aromatic carbocycles. The fraction of sp³-hybridized carbons (Fsp3) is 0.571. The first kappa shape index (κ1) is 15.1. The summed E-state index contributed by atoms with van der Waals surface area (Å²) in [6.45, 7) is 1.11. The molecular formula is C14H22BrNS. The molecule has 1 nitrogen and oxygen atoms in total. The van der Waals surface area contributed by atoms with Gasteiger partial charge in [0.1, 0.15) is 0 Å². The highest BCUT2D eigenvalue weighted by Crippen LogP contribution is 2.21. The predicted molar refractivity (Wildman–Crippen MR) is 82.9 cm³/mol. The van der Waals surface area contributed by atoms with Crippen LogP contribution < -0.4 is 5.32 Å². The highest BCUT2D eigenvalue weighted by atomic mass is 79.9. The number of hydrogen-bond donors (Lipinski definition) is 1. The van der Waals surface area contributed by atoms with E-state index in [1.165, 1.54) is 28.6 Å². The topological polar surface area (TPSA) is 12.0 Å². The molecule has 0 fully saturated rings. The van der Waals surface area contributed by atoms with Crippen molar-refractivity contribution in [3.05, 3.63) is 34.3 Å². The Morgan fingerprint density at radius 1 is 1.35 bits per heavy atom. The van der Waals surface area contributed by atoms with Gasteiger partial charge in [0.15, 0.2) is 0 Å².